The van der Waals surface area contributed by atoms with Crippen LogP contribution in [-0.2, 0) is 4.74 Å². The van der Waals surface area contributed by atoms with Gasteiger partial charge in [0.05, 0.1) is 5.56 Å². The fourth-order valence-corrected chi connectivity index (χ4v) is 1.23. The molecule has 4 heteroatoms. The Morgan fingerprint density at radius 2 is 2.13 bits per heavy atom. The molecule has 2 nitrogen and oxygen atoms in total. The van der Waals surface area contributed by atoms with Crippen LogP contribution in [-0.4, -0.2) is 18.5 Å². The summed E-state index contributed by atoms with van der Waals surface area (Å²) in [7, 11) is 0. The molecule has 0 amide bonds. The fraction of sp³-hybridized carbons (Fsp3) is 0.364. The zero-order chi connectivity index (χ0) is 11.4. The van der Waals surface area contributed by atoms with E-state index in [1.54, 1.807) is 6.92 Å². The Hall–Kier alpha value is -1.29. The summed E-state index contributed by atoms with van der Waals surface area (Å²) < 4.78 is 31.0. The quantitative estimate of drug-likeness (QED) is 0.720. The van der Waals surface area contributed by atoms with Gasteiger partial charge < -0.3 is 4.74 Å². The molecular formula is C11H12F2O2. The number of carbonyl (C=O) groups excluding carboxylic acids is 1. The van der Waals surface area contributed by atoms with Gasteiger partial charge in [0.15, 0.2) is 5.78 Å². The van der Waals surface area contributed by atoms with Gasteiger partial charge in [0, 0.05) is 6.61 Å². The normalized spacial score (nSPS) is 12.5. The highest BCUT2D eigenvalue weighted by Crippen LogP contribution is 2.13. The van der Waals surface area contributed by atoms with Crippen LogP contribution < -0.4 is 0 Å². The van der Waals surface area contributed by atoms with Crippen LogP contribution in [0.4, 0.5) is 8.78 Å². The minimum absolute atomic E-state index is 0.268. The second-order valence-electron chi connectivity index (χ2n) is 3.09. The maximum Gasteiger partial charge on any atom is 0.194 e. The third-order valence-electron chi connectivity index (χ3n) is 1.98. The summed E-state index contributed by atoms with van der Waals surface area (Å²) in [4.78, 5) is 11.6. The van der Waals surface area contributed by atoms with E-state index in [1.807, 2.05) is 0 Å². The second-order valence-corrected chi connectivity index (χ2v) is 3.09. The summed E-state index contributed by atoms with van der Waals surface area (Å²) in [5.41, 5.74) is -0.268. The molecule has 0 bridgehead atoms. The summed E-state index contributed by atoms with van der Waals surface area (Å²) in [6, 6.07) is 2.78. The lowest BCUT2D eigenvalue weighted by Crippen LogP contribution is -2.22. The Morgan fingerprint density at radius 3 is 2.73 bits per heavy atom. The van der Waals surface area contributed by atoms with E-state index >= 15 is 0 Å². The van der Waals surface area contributed by atoms with Gasteiger partial charge in [-0.2, -0.15) is 0 Å². The molecule has 0 fully saturated rings. The Labute approximate surface area is 86.9 Å². The van der Waals surface area contributed by atoms with Gasteiger partial charge in [-0.05, 0) is 32.0 Å². The van der Waals surface area contributed by atoms with Gasteiger partial charge in [-0.3, -0.25) is 4.79 Å². The standard InChI is InChI=1S/C11H12F2O2/c1-3-15-7(2)11(14)9-6-8(12)4-5-10(9)13/h4-7H,3H2,1-2H3. The van der Waals surface area contributed by atoms with Crippen molar-refractivity contribution in [3.05, 3.63) is 35.4 Å². The molecule has 1 rings (SSSR count). The van der Waals surface area contributed by atoms with E-state index in [0.717, 1.165) is 18.2 Å². The maximum absolute atomic E-state index is 13.2. The number of hydrogen-bond donors (Lipinski definition) is 0. The zero-order valence-electron chi connectivity index (χ0n) is 8.59. The summed E-state index contributed by atoms with van der Waals surface area (Å²) in [6.45, 7) is 3.59. The average molecular weight is 214 g/mol. The Balaban J connectivity index is 2.95. The van der Waals surface area contributed by atoms with E-state index in [-0.39, 0.29) is 5.56 Å². The molecule has 1 unspecified atom stereocenters. The Morgan fingerprint density at radius 1 is 1.47 bits per heavy atom. The summed E-state index contributed by atoms with van der Waals surface area (Å²) >= 11 is 0. The molecule has 0 aliphatic carbocycles. The molecule has 0 aliphatic heterocycles. The highest BCUT2D eigenvalue weighted by Gasteiger charge is 2.19. The van der Waals surface area contributed by atoms with Gasteiger partial charge in [-0.1, -0.05) is 0 Å². The van der Waals surface area contributed by atoms with Gasteiger partial charge in [0.25, 0.3) is 0 Å². The van der Waals surface area contributed by atoms with Crippen molar-refractivity contribution in [2.24, 2.45) is 0 Å². The summed E-state index contributed by atoms with van der Waals surface area (Å²) in [5, 5.41) is 0. The van der Waals surface area contributed by atoms with E-state index in [9.17, 15) is 13.6 Å². The zero-order valence-corrected chi connectivity index (χ0v) is 8.59. The smallest absolute Gasteiger partial charge is 0.194 e. The highest BCUT2D eigenvalue weighted by atomic mass is 19.1. The minimum atomic E-state index is -0.758. The van der Waals surface area contributed by atoms with E-state index in [1.165, 1.54) is 6.92 Å². The molecule has 0 saturated heterocycles. The molecule has 0 saturated carbocycles. The first-order chi connectivity index (χ1) is 7.06. The predicted molar refractivity (Wildman–Crippen MR) is 51.8 cm³/mol. The molecule has 0 N–H and O–H groups in total. The van der Waals surface area contributed by atoms with Crippen LogP contribution in [0.1, 0.15) is 24.2 Å². The first-order valence-corrected chi connectivity index (χ1v) is 4.67. The van der Waals surface area contributed by atoms with Crippen LogP contribution in [0.25, 0.3) is 0 Å². The van der Waals surface area contributed by atoms with E-state index in [0.29, 0.717) is 6.61 Å². The van der Waals surface area contributed by atoms with Crippen molar-refractivity contribution in [1.29, 1.82) is 0 Å². The van der Waals surface area contributed by atoms with Crippen LogP contribution in [0.5, 0.6) is 0 Å². The van der Waals surface area contributed by atoms with Gasteiger partial charge >= 0.3 is 0 Å². The lowest BCUT2D eigenvalue weighted by molar-refractivity contribution is 0.0516. The molecule has 1 aromatic carbocycles. The van der Waals surface area contributed by atoms with Crippen LogP contribution in [0.15, 0.2) is 18.2 Å². The molecule has 15 heavy (non-hydrogen) atoms. The van der Waals surface area contributed by atoms with Crippen molar-refractivity contribution in [2.45, 2.75) is 20.0 Å². The van der Waals surface area contributed by atoms with Crippen LogP contribution in [0.2, 0.25) is 0 Å². The molecule has 1 atom stereocenters. The van der Waals surface area contributed by atoms with Gasteiger partial charge in [0.2, 0.25) is 0 Å². The van der Waals surface area contributed by atoms with Gasteiger partial charge in [-0.15, -0.1) is 0 Å². The number of Topliss-reactive ketones (excluding diaryl/α,β-unsaturated/α-hetero) is 1. The molecule has 0 aliphatic rings. The molecule has 0 spiro atoms. The van der Waals surface area contributed by atoms with E-state index < -0.39 is 23.5 Å². The van der Waals surface area contributed by atoms with Crippen molar-refractivity contribution in [3.8, 4) is 0 Å². The third kappa shape index (κ3) is 2.83. The number of halogens is 2. The highest BCUT2D eigenvalue weighted by molar-refractivity contribution is 5.99. The Kier molecular flexibility index (Phi) is 3.91. The first-order valence-electron chi connectivity index (χ1n) is 4.67. The number of carbonyl (C=O) groups is 1. The fourth-order valence-electron chi connectivity index (χ4n) is 1.23. The predicted octanol–water partition coefficient (Wildman–Crippen LogP) is 2.57. The van der Waals surface area contributed by atoms with E-state index in [4.69, 9.17) is 4.74 Å². The van der Waals surface area contributed by atoms with Gasteiger partial charge in [0.1, 0.15) is 17.7 Å². The number of hydrogen-bond acceptors (Lipinski definition) is 2. The Bertz CT molecular complexity index is 364. The molecule has 0 radical (unpaired) electrons. The van der Waals surface area contributed by atoms with E-state index in [2.05, 4.69) is 0 Å². The molecule has 0 heterocycles. The molecular weight excluding hydrogens is 202 g/mol. The number of ether oxygens (including phenoxy) is 1. The summed E-state index contributed by atoms with van der Waals surface area (Å²) in [6.07, 6.45) is -0.758. The SMILES string of the molecule is CCOC(C)C(=O)c1cc(F)ccc1F. The topological polar surface area (TPSA) is 26.3 Å². The number of rotatable bonds is 4. The second kappa shape index (κ2) is 4.98. The lowest BCUT2D eigenvalue weighted by atomic mass is 10.1. The minimum Gasteiger partial charge on any atom is -0.371 e. The molecule has 82 valence electrons. The summed E-state index contributed by atoms with van der Waals surface area (Å²) in [5.74, 6) is -1.91. The molecule has 1 aromatic rings. The van der Waals surface area contributed by atoms with Crippen LogP contribution in [0.3, 0.4) is 0 Å². The largest absolute Gasteiger partial charge is 0.371 e. The number of benzene rings is 1. The van der Waals surface area contributed by atoms with Crippen molar-refractivity contribution in [3.63, 3.8) is 0 Å². The maximum atomic E-state index is 13.2. The van der Waals surface area contributed by atoms with Crippen molar-refractivity contribution in [2.75, 3.05) is 6.61 Å². The number of ketones is 1. The van der Waals surface area contributed by atoms with Crippen molar-refractivity contribution < 1.29 is 18.3 Å². The first kappa shape index (κ1) is 11.8. The van der Waals surface area contributed by atoms with Crippen LogP contribution >= 0.6 is 0 Å². The molecule has 0 aromatic heterocycles. The third-order valence-corrected chi connectivity index (χ3v) is 1.98. The lowest BCUT2D eigenvalue weighted by Gasteiger charge is -2.10. The van der Waals surface area contributed by atoms with Crippen LogP contribution in [0, 0.1) is 11.6 Å². The average Bonchev–Trinajstić information content (AvgIpc) is 2.21. The van der Waals surface area contributed by atoms with Crippen molar-refractivity contribution >= 4 is 5.78 Å². The van der Waals surface area contributed by atoms with Gasteiger partial charge in [-0.25, -0.2) is 8.78 Å². The van der Waals surface area contributed by atoms with Crippen molar-refractivity contribution in [1.82, 2.24) is 0 Å². The monoisotopic (exact) mass is 214 g/mol.